The number of benzene rings is 1. The summed E-state index contributed by atoms with van der Waals surface area (Å²) >= 11 is 1.14. The molecule has 0 aliphatic rings. The number of aromatic nitrogens is 3. The number of ether oxygens (including phenoxy) is 1. The molecular formula is C16H15N5O4S. The number of aromatic amines is 1. The van der Waals surface area contributed by atoms with Crippen molar-refractivity contribution < 1.29 is 18.7 Å². The number of furan rings is 1. The SMILES string of the molecule is COc1ccc(-c2nc(SCC(=O)NNC(=O)c3ccco3)n[nH]2)cc1. The molecule has 3 rings (SSSR count). The molecule has 0 atom stereocenters. The van der Waals surface area contributed by atoms with Crippen LogP contribution in [0.2, 0.25) is 0 Å². The lowest BCUT2D eigenvalue weighted by atomic mass is 10.2. The number of amides is 2. The van der Waals surface area contributed by atoms with Crippen molar-refractivity contribution in [3.8, 4) is 17.1 Å². The lowest BCUT2D eigenvalue weighted by molar-refractivity contribution is -0.119. The van der Waals surface area contributed by atoms with Crippen LogP contribution >= 0.6 is 11.8 Å². The van der Waals surface area contributed by atoms with Gasteiger partial charge in [-0.25, -0.2) is 4.98 Å². The standard InChI is InChI=1S/C16H15N5O4S/c1-24-11-6-4-10(5-7-11)14-17-16(21-19-14)26-9-13(22)18-20-15(23)12-3-2-8-25-12/h2-8H,9H2,1H3,(H,18,22)(H,20,23)(H,17,19,21). The first-order valence-electron chi connectivity index (χ1n) is 7.48. The number of nitrogens with one attached hydrogen (secondary N) is 3. The summed E-state index contributed by atoms with van der Waals surface area (Å²) in [6.07, 6.45) is 1.37. The minimum Gasteiger partial charge on any atom is -0.497 e. The van der Waals surface area contributed by atoms with Crippen LogP contribution in [0.4, 0.5) is 0 Å². The second-order valence-corrected chi connectivity index (χ2v) is 5.91. The highest BCUT2D eigenvalue weighted by Crippen LogP contribution is 2.21. The van der Waals surface area contributed by atoms with E-state index in [0.29, 0.717) is 11.0 Å². The third-order valence-corrected chi connectivity index (χ3v) is 4.07. The van der Waals surface area contributed by atoms with Gasteiger partial charge in [-0.15, -0.1) is 5.10 Å². The number of hydrazine groups is 1. The van der Waals surface area contributed by atoms with Gasteiger partial charge < -0.3 is 9.15 Å². The van der Waals surface area contributed by atoms with E-state index in [1.165, 1.54) is 12.3 Å². The molecule has 1 aromatic carbocycles. The van der Waals surface area contributed by atoms with E-state index < -0.39 is 11.8 Å². The summed E-state index contributed by atoms with van der Waals surface area (Å²) in [5.74, 6) is 0.547. The van der Waals surface area contributed by atoms with E-state index in [0.717, 1.165) is 23.1 Å². The van der Waals surface area contributed by atoms with Crippen LogP contribution < -0.4 is 15.6 Å². The molecule has 2 amide bonds. The maximum atomic E-state index is 11.8. The van der Waals surface area contributed by atoms with Gasteiger partial charge in [0.2, 0.25) is 11.1 Å². The van der Waals surface area contributed by atoms with Crippen LogP contribution in [0.25, 0.3) is 11.4 Å². The van der Waals surface area contributed by atoms with Crippen molar-refractivity contribution in [3.63, 3.8) is 0 Å². The zero-order valence-electron chi connectivity index (χ0n) is 13.7. The highest BCUT2D eigenvalue weighted by molar-refractivity contribution is 7.99. The van der Waals surface area contributed by atoms with Gasteiger partial charge in [0.25, 0.3) is 0 Å². The fourth-order valence-electron chi connectivity index (χ4n) is 1.95. The number of H-pyrrole nitrogens is 1. The maximum absolute atomic E-state index is 11.8. The van der Waals surface area contributed by atoms with Gasteiger partial charge >= 0.3 is 5.91 Å². The summed E-state index contributed by atoms with van der Waals surface area (Å²) in [6, 6.07) is 10.4. The van der Waals surface area contributed by atoms with E-state index in [1.807, 2.05) is 24.3 Å². The summed E-state index contributed by atoms with van der Waals surface area (Å²) < 4.78 is 10.0. The average Bonchev–Trinajstić information content (AvgIpc) is 3.36. The summed E-state index contributed by atoms with van der Waals surface area (Å²) in [5, 5.41) is 7.29. The fourth-order valence-corrected chi connectivity index (χ4v) is 2.55. The van der Waals surface area contributed by atoms with Crippen LogP contribution in [0, 0.1) is 0 Å². The van der Waals surface area contributed by atoms with Crippen LogP contribution in [0.15, 0.2) is 52.2 Å². The number of methoxy groups -OCH3 is 1. The van der Waals surface area contributed by atoms with Crippen LogP contribution in [0.1, 0.15) is 10.6 Å². The van der Waals surface area contributed by atoms with E-state index in [4.69, 9.17) is 9.15 Å². The van der Waals surface area contributed by atoms with Gasteiger partial charge in [0, 0.05) is 5.56 Å². The molecule has 2 heterocycles. The second-order valence-electron chi connectivity index (χ2n) is 4.96. The molecule has 0 aliphatic carbocycles. The lowest BCUT2D eigenvalue weighted by Gasteiger charge is -2.04. The Morgan fingerprint density at radius 3 is 2.73 bits per heavy atom. The van der Waals surface area contributed by atoms with Crippen molar-refractivity contribution in [3.05, 3.63) is 48.4 Å². The summed E-state index contributed by atoms with van der Waals surface area (Å²) in [6.45, 7) is 0. The summed E-state index contributed by atoms with van der Waals surface area (Å²) in [4.78, 5) is 27.7. The molecule has 0 aliphatic heterocycles. The summed E-state index contributed by atoms with van der Waals surface area (Å²) in [5.41, 5.74) is 5.40. The predicted molar refractivity (Wildman–Crippen MR) is 93.4 cm³/mol. The number of carbonyl (C=O) groups is 2. The Bertz CT molecular complexity index is 876. The number of nitrogens with zero attached hydrogens (tertiary/aromatic N) is 2. The molecule has 3 aromatic rings. The zero-order valence-corrected chi connectivity index (χ0v) is 14.5. The van der Waals surface area contributed by atoms with Crippen LogP contribution in [0.3, 0.4) is 0 Å². The Hall–Kier alpha value is -3.27. The molecule has 10 heteroatoms. The normalized spacial score (nSPS) is 10.3. The Labute approximate surface area is 152 Å². The third kappa shape index (κ3) is 4.42. The van der Waals surface area contributed by atoms with Gasteiger partial charge in [0.1, 0.15) is 5.75 Å². The van der Waals surface area contributed by atoms with Gasteiger partial charge in [-0.3, -0.25) is 25.5 Å². The molecule has 0 bridgehead atoms. The van der Waals surface area contributed by atoms with Crippen molar-refractivity contribution in [1.82, 2.24) is 26.0 Å². The predicted octanol–water partition coefficient (Wildman–Crippen LogP) is 1.63. The smallest absolute Gasteiger partial charge is 0.305 e. The Balaban J connectivity index is 1.48. The van der Waals surface area contributed by atoms with Crippen molar-refractivity contribution in [2.75, 3.05) is 12.9 Å². The van der Waals surface area contributed by atoms with E-state index in [9.17, 15) is 9.59 Å². The van der Waals surface area contributed by atoms with Crippen LogP contribution in [0.5, 0.6) is 5.75 Å². The van der Waals surface area contributed by atoms with Gasteiger partial charge in [-0.2, -0.15) is 0 Å². The molecule has 0 unspecified atom stereocenters. The van der Waals surface area contributed by atoms with Gasteiger partial charge in [0.05, 0.1) is 19.1 Å². The largest absolute Gasteiger partial charge is 0.497 e. The average molecular weight is 373 g/mol. The van der Waals surface area contributed by atoms with Crippen LogP contribution in [-0.2, 0) is 4.79 Å². The van der Waals surface area contributed by atoms with E-state index in [2.05, 4.69) is 26.0 Å². The molecule has 3 N–H and O–H groups in total. The van der Waals surface area contributed by atoms with E-state index in [1.54, 1.807) is 13.2 Å². The molecule has 0 saturated carbocycles. The molecule has 9 nitrogen and oxygen atoms in total. The number of thioether (sulfide) groups is 1. The highest BCUT2D eigenvalue weighted by atomic mass is 32.2. The number of hydrogen-bond acceptors (Lipinski definition) is 7. The first kappa shape index (κ1) is 17.5. The van der Waals surface area contributed by atoms with Gasteiger partial charge in [-0.1, -0.05) is 11.8 Å². The third-order valence-electron chi connectivity index (χ3n) is 3.22. The van der Waals surface area contributed by atoms with Crippen molar-refractivity contribution in [1.29, 1.82) is 0 Å². The maximum Gasteiger partial charge on any atom is 0.305 e. The molecule has 26 heavy (non-hydrogen) atoms. The Morgan fingerprint density at radius 2 is 2.04 bits per heavy atom. The molecule has 2 aromatic heterocycles. The number of rotatable bonds is 6. The first-order valence-corrected chi connectivity index (χ1v) is 8.46. The molecular weight excluding hydrogens is 358 g/mol. The molecule has 134 valence electrons. The van der Waals surface area contributed by atoms with Gasteiger partial charge in [0.15, 0.2) is 11.6 Å². The Morgan fingerprint density at radius 1 is 1.23 bits per heavy atom. The molecule has 0 spiro atoms. The minimum atomic E-state index is -0.534. The van der Waals surface area contributed by atoms with Crippen molar-refractivity contribution in [2.24, 2.45) is 0 Å². The number of carbonyl (C=O) groups excluding carboxylic acids is 2. The first-order chi connectivity index (χ1) is 12.7. The van der Waals surface area contributed by atoms with Crippen molar-refractivity contribution >= 4 is 23.6 Å². The zero-order chi connectivity index (χ0) is 18.4. The summed E-state index contributed by atoms with van der Waals surface area (Å²) in [7, 11) is 1.60. The van der Waals surface area contributed by atoms with Gasteiger partial charge in [-0.05, 0) is 36.4 Å². The lowest BCUT2D eigenvalue weighted by Crippen LogP contribution is -2.42. The molecule has 0 fully saturated rings. The Kier molecular flexibility index (Phi) is 5.54. The quantitative estimate of drug-likeness (QED) is 0.443. The van der Waals surface area contributed by atoms with Crippen LogP contribution in [-0.4, -0.2) is 39.9 Å². The highest BCUT2D eigenvalue weighted by Gasteiger charge is 2.12. The van der Waals surface area contributed by atoms with E-state index in [-0.39, 0.29) is 11.5 Å². The molecule has 0 radical (unpaired) electrons. The second kappa shape index (κ2) is 8.21. The monoisotopic (exact) mass is 373 g/mol. The minimum absolute atomic E-state index is 0.0400. The molecule has 0 saturated heterocycles. The topological polar surface area (TPSA) is 122 Å². The number of hydrogen-bond donors (Lipinski definition) is 3. The van der Waals surface area contributed by atoms with Crippen molar-refractivity contribution in [2.45, 2.75) is 5.16 Å². The van der Waals surface area contributed by atoms with E-state index >= 15 is 0 Å². The fraction of sp³-hybridized carbons (Fsp3) is 0.125.